The monoisotopic (exact) mass is 231 g/mol. The van der Waals surface area contributed by atoms with E-state index in [0.717, 1.165) is 24.4 Å². The summed E-state index contributed by atoms with van der Waals surface area (Å²) in [6.45, 7) is 2.29. The number of likely N-dealkylation sites (tertiary alicyclic amines) is 1. The highest BCUT2D eigenvalue weighted by molar-refractivity contribution is 5.45. The number of piperidine rings is 1. The molecule has 0 amide bonds. The predicted molar refractivity (Wildman–Crippen MR) is 66.9 cm³/mol. The third-order valence-electron chi connectivity index (χ3n) is 3.49. The molecule has 0 saturated carbocycles. The topological polar surface area (TPSA) is 59.5 Å². The lowest BCUT2D eigenvalue weighted by molar-refractivity contribution is 0.253. The molecule has 0 unspecified atom stereocenters. The van der Waals surface area contributed by atoms with E-state index >= 15 is 0 Å². The lowest BCUT2D eigenvalue weighted by Crippen LogP contribution is -2.29. The number of hydrogen-bond donors (Lipinski definition) is 1. The van der Waals surface area contributed by atoms with Crippen LogP contribution in [-0.2, 0) is 0 Å². The van der Waals surface area contributed by atoms with Crippen molar-refractivity contribution in [1.29, 1.82) is 0 Å². The lowest BCUT2D eigenvalue weighted by Gasteiger charge is -2.27. The Morgan fingerprint density at radius 1 is 1.35 bits per heavy atom. The average molecular weight is 231 g/mol. The van der Waals surface area contributed by atoms with Crippen LogP contribution >= 0.6 is 0 Å². The molecule has 3 heterocycles. The van der Waals surface area contributed by atoms with Gasteiger partial charge in [0.15, 0.2) is 5.65 Å². The highest BCUT2D eigenvalue weighted by Gasteiger charge is 2.20. The number of nitrogens with zero attached hydrogens (tertiary/aromatic N) is 4. The molecule has 0 spiro atoms. The fraction of sp³-hybridized carbons (Fsp3) is 0.500. The third-order valence-corrected chi connectivity index (χ3v) is 3.49. The number of nitrogen functional groups attached to an aromatic ring is 1. The fourth-order valence-corrected chi connectivity index (χ4v) is 2.41. The van der Waals surface area contributed by atoms with Gasteiger partial charge in [0.25, 0.3) is 0 Å². The van der Waals surface area contributed by atoms with Crippen LogP contribution in [0.5, 0.6) is 0 Å². The first-order chi connectivity index (χ1) is 8.22. The molecule has 17 heavy (non-hydrogen) atoms. The minimum atomic E-state index is 0.564. The summed E-state index contributed by atoms with van der Waals surface area (Å²) in [5.74, 6) is 0.564. The Labute approximate surface area is 100 Å². The van der Waals surface area contributed by atoms with Crippen molar-refractivity contribution in [3.63, 3.8) is 0 Å². The lowest BCUT2D eigenvalue weighted by atomic mass is 9.94. The second-order valence-electron chi connectivity index (χ2n) is 4.84. The molecule has 1 saturated heterocycles. The van der Waals surface area contributed by atoms with Gasteiger partial charge in [0.1, 0.15) is 0 Å². The summed E-state index contributed by atoms with van der Waals surface area (Å²) < 4.78 is 1.78. The Morgan fingerprint density at radius 2 is 2.12 bits per heavy atom. The Balaban J connectivity index is 1.90. The number of anilines is 1. The van der Waals surface area contributed by atoms with Gasteiger partial charge in [-0.1, -0.05) is 0 Å². The van der Waals surface area contributed by atoms with Crippen LogP contribution in [0.15, 0.2) is 18.5 Å². The van der Waals surface area contributed by atoms with E-state index in [4.69, 9.17) is 5.73 Å². The van der Waals surface area contributed by atoms with Crippen molar-refractivity contribution in [3.05, 3.63) is 24.2 Å². The molecule has 5 nitrogen and oxygen atoms in total. The molecule has 1 fully saturated rings. The number of hydrogen-bond acceptors (Lipinski definition) is 4. The Hall–Kier alpha value is -1.62. The molecular weight excluding hydrogens is 214 g/mol. The Kier molecular flexibility index (Phi) is 2.48. The van der Waals surface area contributed by atoms with Crippen molar-refractivity contribution in [2.24, 2.45) is 0 Å². The summed E-state index contributed by atoms with van der Waals surface area (Å²) in [7, 11) is 2.17. The zero-order valence-corrected chi connectivity index (χ0v) is 10.0. The quantitative estimate of drug-likeness (QED) is 0.799. The second-order valence-corrected chi connectivity index (χ2v) is 4.84. The molecule has 0 atom stereocenters. The van der Waals surface area contributed by atoms with Crippen LogP contribution in [0, 0.1) is 0 Å². The van der Waals surface area contributed by atoms with E-state index < -0.39 is 0 Å². The van der Waals surface area contributed by atoms with Crippen LogP contribution in [0.4, 0.5) is 5.69 Å². The normalized spacial score (nSPS) is 18.9. The first kappa shape index (κ1) is 10.5. The summed E-state index contributed by atoms with van der Waals surface area (Å²) in [6.07, 6.45) is 5.85. The van der Waals surface area contributed by atoms with Crippen LogP contribution in [0.2, 0.25) is 0 Å². The summed E-state index contributed by atoms with van der Waals surface area (Å²) in [5.41, 5.74) is 8.38. The van der Waals surface area contributed by atoms with Gasteiger partial charge in [0, 0.05) is 12.0 Å². The van der Waals surface area contributed by atoms with Gasteiger partial charge in [-0.3, -0.25) is 0 Å². The van der Waals surface area contributed by atoms with Gasteiger partial charge in [0.05, 0.1) is 23.8 Å². The smallest absolute Gasteiger partial charge is 0.155 e. The standard InChI is InChI=1S/C12H17N5/c1-16-4-2-9(3-5-16)11-6-12-14-7-10(13)8-17(12)15-11/h6-9H,2-5,13H2,1H3. The van der Waals surface area contributed by atoms with E-state index in [9.17, 15) is 0 Å². The van der Waals surface area contributed by atoms with Crippen molar-refractivity contribution in [2.45, 2.75) is 18.8 Å². The van der Waals surface area contributed by atoms with Gasteiger partial charge in [-0.15, -0.1) is 0 Å². The second kappa shape index (κ2) is 4.00. The number of fused-ring (bicyclic) bond motifs is 1. The molecule has 5 heteroatoms. The molecule has 2 aromatic rings. The first-order valence-corrected chi connectivity index (χ1v) is 6.02. The van der Waals surface area contributed by atoms with E-state index in [-0.39, 0.29) is 0 Å². The average Bonchev–Trinajstić information content (AvgIpc) is 2.72. The fourth-order valence-electron chi connectivity index (χ4n) is 2.41. The van der Waals surface area contributed by atoms with E-state index in [2.05, 4.69) is 28.1 Å². The zero-order valence-electron chi connectivity index (χ0n) is 10.0. The maximum absolute atomic E-state index is 5.70. The highest BCUT2D eigenvalue weighted by atomic mass is 15.3. The van der Waals surface area contributed by atoms with E-state index in [1.54, 1.807) is 10.7 Å². The molecule has 3 rings (SSSR count). The number of rotatable bonds is 1. The molecule has 0 aliphatic carbocycles. The van der Waals surface area contributed by atoms with Gasteiger partial charge >= 0.3 is 0 Å². The maximum Gasteiger partial charge on any atom is 0.155 e. The van der Waals surface area contributed by atoms with Gasteiger partial charge in [-0.2, -0.15) is 5.10 Å². The SMILES string of the molecule is CN1CCC(c2cc3ncc(N)cn3n2)CC1. The summed E-state index contributed by atoms with van der Waals surface area (Å²) in [4.78, 5) is 6.64. The Bertz CT molecular complexity index is 525. The maximum atomic E-state index is 5.70. The van der Waals surface area contributed by atoms with E-state index in [1.165, 1.54) is 12.8 Å². The molecule has 0 radical (unpaired) electrons. The van der Waals surface area contributed by atoms with Crippen LogP contribution < -0.4 is 5.73 Å². The molecule has 2 N–H and O–H groups in total. The molecule has 0 aromatic carbocycles. The molecular formula is C12H17N5. The van der Waals surface area contributed by atoms with E-state index in [0.29, 0.717) is 11.6 Å². The molecule has 1 aliphatic rings. The van der Waals surface area contributed by atoms with Gasteiger partial charge in [0.2, 0.25) is 0 Å². The molecule has 1 aliphatic heterocycles. The van der Waals surface area contributed by atoms with Gasteiger partial charge in [-0.25, -0.2) is 9.50 Å². The van der Waals surface area contributed by atoms with Gasteiger partial charge in [-0.05, 0) is 33.0 Å². The van der Waals surface area contributed by atoms with Crippen LogP contribution in [-0.4, -0.2) is 39.6 Å². The molecule has 2 aromatic heterocycles. The minimum Gasteiger partial charge on any atom is -0.396 e. The van der Waals surface area contributed by atoms with E-state index in [1.807, 2.05) is 6.20 Å². The largest absolute Gasteiger partial charge is 0.396 e. The molecule has 90 valence electrons. The van der Waals surface area contributed by atoms with Crippen LogP contribution in [0.1, 0.15) is 24.5 Å². The van der Waals surface area contributed by atoms with Crippen molar-refractivity contribution in [1.82, 2.24) is 19.5 Å². The van der Waals surface area contributed by atoms with Crippen molar-refractivity contribution in [2.75, 3.05) is 25.9 Å². The summed E-state index contributed by atoms with van der Waals surface area (Å²) in [6, 6.07) is 2.08. The van der Waals surface area contributed by atoms with Crippen molar-refractivity contribution < 1.29 is 0 Å². The zero-order chi connectivity index (χ0) is 11.8. The highest BCUT2D eigenvalue weighted by Crippen LogP contribution is 2.26. The number of aromatic nitrogens is 3. The number of nitrogens with two attached hydrogens (primary N) is 1. The predicted octanol–water partition coefficient (Wildman–Crippen LogP) is 1.12. The third kappa shape index (κ3) is 1.98. The van der Waals surface area contributed by atoms with Gasteiger partial charge < -0.3 is 10.6 Å². The Morgan fingerprint density at radius 3 is 2.88 bits per heavy atom. The van der Waals surface area contributed by atoms with Crippen LogP contribution in [0.25, 0.3) is 5.65 Å². The summed E-state index contributed by atoms with van der Waals surface area (Å²) in [5, 5.41) is 4.58. The minimum absolute atomic E-state index is 0.564. The van der Waals surface area contributed by atoms with Crippen LogP contribution in [0.3, 0.4) is 0 Å². The summed E-state index contributed by atoms with van der Waals surface area (Å²) >= 11 is 0. The first-order valence-electron chi connectivity index (χ1n) is 6.02. The molecule has 0 bridgehead atoms. The van der Waals surface area contributed by atoms with Crippen molar-refractivity contribution >= 4 is 11.3 Å². The van der Waals surface area contributed by atoms with Crippen molar-refractivity contribution in [3.8, 4) is 0 Å².